The van der Waals surface area contributed by atoms with Crippen LogP contribution < -0.4 is 15.4 Å². The molecule has 1 saturated carbocycles. The second kappa shape index (κ2) is 8.77. The van der Waals surface area contributed by atoms with Crippen molar-refractivity contribution in [2.75, 3.05) is 15.4 Å². The molecule has 32 heavy (non-hydrogen) atoms. The molecule has 0 spiro atoms. The lowest BCUT2D eigenvalue weighted by Crippen LogP contribution is -2.17. The summed E-state index contributed by atoms with van der Waals surface area (Å²) in [5.41, 5.74) is 4.93. The molecule has 1 aromatic heterocycles. The molecular weight excluding hydrogens is 469 g/mol. The molecule has 2 aromatic carbocycles. The summed E-state index contributed by atoms with van der Waals surface area (Å²) >= 11 is 12.6. The third-order valence-electron chi connectivity index (χ3n) is 5.20. The van der Waals surface area contributed by atoms with Gasteiger partial charge >= 0.3 is 0 Å². The number of anilines is 5. The van der Waals surface area contributed by atoms with E-state index < -0.39 is 10.0 Å². The van der Waals surface area contributed by atoms with E-state index in [0.717, 1.165) is 28.1 Å². The maximum Gasteiger partial charge on any atom is 0.235 e. The van der Waals surface area contributed by atoms with Crippen LogP contribution in [-0.4, -0.2) is 23.6 Å². The van der Waals surface area contributed by atoms with Crippen LogP contribution in [0.2, 0.25) is 10.0 Å². The van der Waals surface area contributed by atoms with E-state index in [0.29, 0.717) is 40.3 Å². The average molecular weight is 492 g/mol. The van der Waals surface area contributed by atoms with E-state index in [-0.39, 0.29) is 5.25 Å². The van der Waals surface area contributed by atoms with Crippen LogP contribution >= 0.6 is 23.2 Å². The van der Waals surface area contributed by atoms with Gasteiger partial charge in [0.2, 0.25) is 16.0 Å². The summed E-state index contributed by atoms with van der Waals surface area (Å²) in [6.07, 6.45) is 2.94. The van der Waals surface area contributed by atoms with Crippen molar-refractivity contribution < 1.29 is 8.42 Å². The highest BCUT2D eigenvalue weighted by Crippen LogP contribution is 2.32. The van der Waals surface area contributed by atoms with E-state index >= 15 is 0 Å². The number of hydrogen-bond donors (Lipinski definition) is 3. The predicted octanol–water partition coefficient (Wildman–Crippen LogP) is 6.10. The molecule has 3 aromatic rings. The molecule has 3 N–H and O–H groups in total. The summed E-state index contributed by atoms with van der Waals surface area (Å²) < 4.78 is 27.0. The molecule has 0 radical (unpaired) electrons. The van der Waals surface area contributed by atoms with Gasteiger partial charge in [0.05, 0.1) is 11.4 Å². The first-order chi connectivity index (χ1) is 15.1. The summed E-state index contributed by atoms with van der Waals surface area (Å²) in [7, 11) is -3.31. The van der Waals surface area contributed by atoms with Gasteiger partial charge in [-0.3, -0.25) is 4.72 Å². The Hall–Kier alpha value is -2.55. The molecule has 1 fully saturated rings. The predicted molar refractivity (Wildman–Crippen MR) is 131 cm³/mol. The normalized spacial score (nSPS) is 13.7. The van der Waals surface area contributed by atoms with Crippen molar-refractivity contribution >= 4 is 62.1 Å². The molecule has 0 saturated heterocycles. The number of rotatable bonds is 7. The number of aromatic nitrogens is 2. The average Bonchev–Trinajstić information content (AvgIpc) is 3.56. The first-order valence-corrected chi connectivity index (χ1v) is 12.4. The monoisotopic (exact) mass is 491 g/mol. The third kappa shape index (κ3) is 5.09. The van der Waals surface area contributed by atoms with Gasteiger partial charge in [0.15, 0.2) is 5.82 Å². The lowest BCUT2D eigenvalue weighted by Gasteiger charge is -2.14. The Kier molecular flexibility index (Phi) is 6.20. The lowest BCUT2D eigenvalue weighted by atomic mass is 10.1. The smallest absolute Gasteiger partial charge is 0.235 e. The highest BCUT2D eigenvalue weighted by molar-refractivity contribution is 7.93. The number of hydrogen-bond acceptors (Lipinski definition) is 6. The van der Waals surface area contributed by atoms with Crippen molar-refractivity contribution in [1.29, 1.82) is 0 Å². The van der Waals surface area contributed by atoms with Crippen LogP contribution in [0.1, 0.15) is 29.5 Å². The zero-order valence-corrected chi connectivity index (χ0v) is 20.2. The van der Waals surface area contributed by atoms with Crippen LogP contribution in [0.5, 0.6) is 0 Å². The molecule has 0 unspecified atom stereocenters. The van der Waals surface area contributed by atoms with Gasteiger partial charge in [-0.05, 0) is 74.6 Å². The highest BCUT2D eigenvalue weighted by Gasteiger charge is 2.35. The molecule has 1 aliphatic rings. The quantitative estimate of drug-likeness (QED) is 0.369. The van der Waals surface area contributed by atoms with Crippen molar-refractivity contribution in [3.05, 3.63) is 63.3 Å². The zero-order valence-electron chi connectivity index (χ0n) is 17.8. The maximum absolute atomic E-state index is 12.2. The first-order valence-electron chi connectivity index (χ1n) is 10.1. The Morgan fingerprint density at radius 3 is 2.31 bits per heavy atom. The minimum Gasteiger partial charge on any atom is -0.339 e. The molecule has 4 rings (SSSR count). The minimum absolute atomic E-state index is 0.279. The van der Waals surface area contributed by atoms with Crippen LogP contribution in [0.25, 0.3) is 0 Å². The number of sulfonamides is 1. The number of benzene rings is 2. The fourth-order valence-corrected chi connectivity index (χ4v) is 4.90. The third-order valence-corrected chi connectivity index (χ3v) is 7.75. The molecule has 0 aliphatic heterocycles. The van der Waals surface area contributed by atoms with E-state index in [1.807, 2.05) is 32.9 Å². The van der Waals surface area contributed by atoms with E-state index in [9.17, 15) is 8.42 Å². The molecule has 0 bridgehead atoms. The fourth-order valence-electron chi connectivity index (χ4n) is 3.22. The van der Waals surface area contributed by atoms with E-state index in [1.165, 1.54) is 6.20 Å². The Balaban J connectivity index is 1.54. The van der Waals surface area contributed by atoms with Gasteiger partial charge < -0.3 is 10.6 Å². The van der Waals surface area contributed by atoms with Crippen molar-refractivity contribution in [3.8, 4) is 0 Å². The van der Waals surface area contributed by atoms with Gasteiger partial charge in [-0.25, -0.2) is 13.4 Å². The molecule has 10 heteroatoms. The second-order valence-corrected chi connectivity index (χ2v) is 10.7. The van der Waals surface area contributed by atoms with Crippen molar-refractivity contribution in [3.63, 3.8) is 0 Å². The number of nitrogens with zero attached hydrogens (tertiary/aromatic N) is 2. The molecule has 0 amide bonds. The SMILES string of the molecule is Cc1cc(C)c(Nc2ncc(Cl)c(Nc3ccc(NS(=O)(=O)C4CC4)cc3C)n2)cc1Cl. The summed E-state index contributed by atoms with van der Waals surface area (Å²) in [6.45, 7) is 5.80. The standard InChI is InChI=1S/C22H23Cl2N5O2S/c1-12-8-13(2)20(10-17(12)23)27-22-25-11-18(24)21(28-22)26-19-7-4-15(9-14(19)3)29-32(30,31)16-5-6-16/h4,7-11,16,29H,5-6H2,1-3H3,(H2,25,26,27,28). The minimum atomic E-state index is -3.31. The van der Waals surface area contributed by atoms with Crippen LogP contribution in [0, 0.1) is 20.8 Å². The van der Waals surface area contributed by atoms with Gasteiger partial charge in [0.1, 0.15) is 5.02 Å². The Bertz CT molecular complexity index is 1290. The Labute approximate surface area is 197 Å². The Morgan fingerprint density at radius 1 is 0.906 bits per heavy atom. The summed E-state index contributed by atoms with van der Waals surface area (Å²) in [5, 5.41) is 7.10. The molecule has 1 heterocycles. The van der Waals surface area contributed by atoms with Crippen molar-refractivity contribution in [2.24, 2.45) is 0 Å². The molecule has 7 nitrogen and oxygen atoms in total. The van der Waals surface area contributed by atoms with Crippen molar-refractivity contribution in [1.82, 2.24) is 9.97 Å². The van der Waals surface area contributed by atoms with Crippen LogP contribution in [0.4, 0.5) is 28.8 Å². The van der Waals surface area contributed by atoms with Gasteiger partial charge in [0.25, 0.3) is 0 Å². The van der Waals surface area contributed by atoms with Gasteiger partial charge in [-0.1, -0.05) is 29.3 Å². The van der Waals surface area contributed by atoms with Gasteiger partial charge in [-0.2, -0.15) is 4.98 Å². The first kappa shape index (κ1) is 22.6. The molecule has 1 aliphatic carbocycles. The van der Waals surface area contributed by atoms with Crippen LogP contribution in [0.15, 0.2) is 36.5 Å². The Morgan fingerprint density at radius 2 is 1.62 bits per heavy atom. The van der Waals surface area contributed by atoms with Crippen LogP contribution in [-0.2, 0) is 10.0 Å². The molecule has 0 atom stereocenters. The summed E-state index contributed by atoms with van der Waals surface area (Å²) in [5.74, 6) is 0.792. The van der Waals surface area contributed by atoms with E-state index in [2.05, 4.69) is 25.3 Å². The van der Waals surface area contributed by atoms with Gasteiger partial charge in [-0.15, -0.1) is 0 Å². The summed E-state index contributed by atoms with van der Waals surface area (Å²) in [6, 6.07) is 9.09. The van der Waals surface area contributed by atoms with E-state index in [4.69, 9.17) is 23.2 Å². The molecule has 168 valence electrons. The number of halogens is 2. The van der Waals surface area contributed by atoms with E-state index in [1.54, 1.807) is 18.2 Å². The van der Waals surface area contributed by atoms with Crippen LogP contribution in [0.3, 0.4) is 0 Å². The molecular formula is C22H23Cl2N5O2S. The topological polar surface area (TPSA) is 96.0 Å². The second-order valence-electron chi connectivity index (χ2n) is 7.93. The zero-order chi connectivity index (χ0) is 23.0. The number of nitrogens with one attached hydrogen (secondary N) is 3. The lowest BCUT2D eigenvalue weighted by molar-refractivity contribution is 0.600. The van der Waals surface area contributed by atoms with Gasteiger partial charge in [0, 0.05) is 22.1 Å². The fraction of sp³-hybridized carbons (Fsp3) is 0.273. The highest BCUT2D eigenvalue weighted by atomic mass is 35.5. The largest absolute Gasteiger partial charge is 0.339 e. The van der Waals surface area contributed by atoms with Crippen molar-refractivity contribution in [2.45, 2.75) is 38.9 Å². The number of aryl methyl sites for hydroxylation is 3. The maximum atomic E-state index is 12.2. The summed E-state index contributed by atoms with van der Waals surface area (Å²) in [4.78, 5) is 8.74.